The molecule has 26 heavy (non-hydrogen) atoms. The van der Waals surface area contributed by atoms with E-state index in [1.807, 2.05) is 13.0 Å². The van der Waals surface area contributed by atoms with Gasteiger partial charge in [-0.15, -0.1) is 0 Å². The molecule has 0 nitrogen and oxygen atoms in total. The van der Waals surface area contributed by atoms with Gasteiger partial charge in [0.25, 0.3) is 0 Å². The van der Waals surface area contributed by atoms with Gasteiger partial charge in [-0.05, 0) is 43.4 Å². The molecule has 0 aliphatic heterocycles. The molecular formula is C18H20Cl2F6. The number of hydrogen-bond acceptors (Lipinski definition) is 0. The lowest BCUT2D eigenvalue weighted by Gasteiger charge is -2.35. The van der Waals surface area contributed by atoms with Crippen LogP contribution in [0.3, 0.4) is 0 Å². The van der Waals surface area contributed by atoms with Gasteiger partial charge < -0.3 is 0 Å². The minimum absolute atomic E-state index is 0.0671. The van der Waals surface area contributed by atoms with Crippen LogP contribution in [0.15, 0.2) is 18.2 Å². The number of benzene rings is 1. The molecule has 1 rings (SSSR count). The number of halogens is 8. The first-order chi connectivity index (χ1) is 11.8. The van der Waals surface area contributed by atoms with E-state index < -0.39 is 28.4 Å². The molecule has 0 aliphatic carbocycles. The average Bonchev–Trinajstić information content (AvgIpc) is 2.51. The summed E-state index contributed by atoms with van der Waals surface area (Å²) in [6.45, 7) is 3.80. The van der Waals surface area contributed by atoms with Gasteiger partial charge in [0.05, 0.1) is 10.0 Å². The van der Waals surface area contributed by atoms with E-state index in [4.69, 9.17) is 23.2 Å². The van der Waals surface area contributed by atoms with Gasteiger partial charge in [0, 0.05) is 0 Å². The van der Waals surface area contributed by atoms with Crippen LogP contribution in [0, 0.1) is 0 Å². The van der Waals surface area contributed by atoms with Crippen LogP contribution in [-0.4, -0.2) is 12.4 Å². The van der Waals surface area contributed by atoms with Gasteiger partial charge in [0.15, 0.2) is 5.41 Å². The Bertz CT molecular complexity index is 645. The Kier molecular flexibility index (Phi) is 7.50. The van der Waals surface area contributed by atoms with E-state index >= 15 is 0 Å². The molecule has 0 saturated carbocycles. The molecule has 0 spiro atoms. The predicted octanol–water partition coefficient (Wildman–Crippen LogP) is 8.36. The fourth-order valence-corrected chi connectivity index (χ4v) is 3.20. The second-order valence-corrected chi connectivity index (χ2v) is 7.05. The van der Waals surface area contributed by atoms with E-state index in [-0.39, 0.29) is 11.9 Å². The largest absolute Gasteiger partial charge is 0.406 e. The zero-order valence-corrected chi connectivity index (χ0v) is 16.1. The number of rotatable bonds is 6. The Morgan fingerprint density at radius 2 is 1.50 bits per heavy atom. The predicted molar refractivity (Wildman–Crippen MR) is 93.7 cm³/mol. The maximum atomic E-state index is 13.3. The van der Waals surface area contributed by atoms with Crippen molar-refractivity contribution < 1.29 is 26.3 Å². The fraction of sp³-hybridized carbons (Fsp3) is 0.556. The van der Waals surface area contributed by atoms with E-state index in [0.29, 0.717) is 11.1 Å². The van der Waals surface area contributed by atoms with Crippen molar-refractivity contribution in [1.82, 2.24) is 0 Å². The summed E-state index contributed by atoms with van der Waals surface area (Å²) in [5.41, 5.74) is -4.24. The SMILES string of the molecule is CCCCC/C=C(/C)c1ccc(C(C)(C(F)(F)F)C(F)(F)F)c(Cl)c1Cl. The monoisotopic (exact) mass is 420 g/mol. The van der Waals surface area contributed by atoms with Gasteiger partial charge in [-0.25, -0.2) is 0 Å². The Labute approximate surface area is 159 Å². The van der Waals surface area contributed by atoms with Crippen molar-refractivity contribution in [3.63, 3.8) is 0 Å². The molecule has 0 bridgehead atoms. The van der Waals surface area contributed by atoms with Gasteiger partial charge in [0.1, 0.15) is 0 Å². The summed E-state index contributed by atoms with van der Waals surface area (Å²) in [7, 11) is 0. The van der Waals surface area contributed by atoms with Crippen molar-refractivity contribution in [1.29, 1.82) is 0 Å². The molecule has 1 aromatic rings. The van der Waals surface area contributed by atoms with E-state index in [1.165, 1.54) is 0 Å². The van der Waals surface area contributed by atoms with Crippen molar-refractivity contribution in [3.8, 4) is 0 Å². The number of hydrogen-bond donors (Lipinski definition) is 0. The normalized spacial score (nSPS) is 14.0. The van der Waals surface area contributed by atoms with E-state index in [2.05, 4.69) is 0 Å². The first-order valence-corrected chi connectivity index (χ1v) is 8.83. The first-order valence-electron chi connectivity index (χ1n) is 8.08. The molecule has 148 valence electrons. The third-order valence-electron chi connectivity index (χ3n) is 4.44. The number of unbranched alkanes of at least 4 members (excludes halogenated alkanes) is 3. The maximum Gasteiger partial charge on any atom is 0.406 e. The van der Waals surface area contributed by atoms with Gasteiger partial charge in [-0.2, -0.15) is 26.3 Å². The highest BCUT2D eigenvalue weighted by Gasteiger charge is 2.69. The van der Waals surface area contributed by atoms with Gasteiger partial charge in [-0.3, -0.25) is 0 Å². The smallest absolute Gasteiger partial charge is 0.170 e. The van der Waals surface area contributed by atoms with Crippen molar-refractivity contribution in [3.05, 3.63) is 39.4 Å². The summed E-state index contributed by atoms with van der Waals surface area (Å²) >= 11 is 11.9. The van der Waals surface area contributed by atoms with E-state index in [1.54, 1.807) is 6.92 Å². The van der Waals surface area contributed by atoms with Crippen molar-refractivity contribution in [2.75, 3.05) is 0 Å². The molecule has 0 heterocycles. The van der Waals surface area contributed by atoms with Crippen LogP contribution in [0.4, 0.5) is 26.3 Å². The molecule has 1 aromatic carbocycles. The van der Waals surface area contributed by atoms with Crippen LogP contribution in [0.5, 0.6) is 0 Å². The minimum Gasteiger partial charge on any atom is -0.170 e. The zero-order valence-electron chi connectivity index (χ0n) is 14.6. The van der Waals surface area contributed by atoms with Gasteiger partial charge >= 0.3 is 12.4 Å². The molecule has 0 N–H and O–H groups in total. The van der Waals surface area contributed by atoms with E-state index in [9.17, 15) is 26.3 Å². The molecule has 0 radical (unpaired) electrons. The highest BCUT2D eigenvalue weighted by Crippen LogP contribution is 2.54. The lowest BCUT2D eigenvalue weighted by Crippen LogP contribution is -2.51. The van der Waals surface area contributed by atoms with Crippen molar-refractivity contribution in [2.24, 2.45) is 0 Å². The fourth-order valence-electron chi connectivity index (χ4n) is 2.53. The first kappa shape index (κ1) is 23.2. The Hall–Kier alpha value is -0.880. The molecule has 0 fully saturated rings. The summed E-state index contributed by atoms with van der Waals surface area (Å²) < 4.78 is 79.6. The zero-order chi connectivity index (χ0) is 20.3. The molecular weight excluding hydrogens is 401 g/mol. The highest BCUT2D eigenvalue weighted by molar-refractivity contribution is 6.43. The minimum atomic E-state index is -5.58. The van der Waals surface area contributed by atoms with Gasteiger partial charge in [-0.1, -0.05) is 61.2 Å². The van der Waals surface area contributed by atoms with Crippen LogP contribution in [0.25, 0.3) is 5.57 Å². The third kappa shape index (κ3) is 4.50. The third-order valence-corrected chi connectivity index (χ3v) is 5.32. The second-order valence-electron chi connectivity index (χ2n) is 6.29. The standard InChI is InChI=1S/C18H20Cl2F6/c1-4-5-6-7-8-11(2)12-9-10-13(15(20)14(12)19)16(3,17(21,22)23)18(24,25)26/h8-10H,4-7H2,1-3H3/b11-8-. The summed E-state index contributed by atoms with van der Waals surface area (Å²) in [4.78, 5) is 0. The topological polar surface area (TPSA) is 0 Å². The molecule has 0 saturated heterocycles. The Morgan fingerprint density at radius 3 is 1.96 bits per heavy atom. The Balaban J connectivity index is 3.41. The Morgan fingerprint density at radius 1 is 0.962 bits per heavy atom. The second kappa shape index (κ2) is 8.42. The molecule has 0 aliphatic rings. The molecule has 0 aromatic heterocycles. The molecule has 0 amide bonds. The maximum absolute atomic E-state index is 13.3. The molecule has 0 unspecified atom stereocenters. The summed E-state index contributed by atoms with van der Waals surface area (Å²) in [5, 5.41) is -1.05. The van der Waals surface area contributed by atoms with Crippen LogP contribution in [-0.2, 0) is 5.41 Å². The van der Waals surface area contributed by atoms with Gasteiger partial charge in [0.2, 0.25) is 0 Å². The van der Waals surface area contributed by atoms with Crippen LogP contribution in [0.2, 0.25) is 10.0 Å². The van der Waals surface area contributed by atoms with Crippen molar-refractivity contribution in [2.45, 2.75) is 64.2 Å². The molecule has 8 heteroatoms. The number of alkyl halides is 6. The molecule has 0 atom stereocenters. The highest BCUT2D eigenvalue weighted by atomic mass is 35.5. The summed E-state index contributed by atoms with van der Waals surface area (Å²) in [6, 6.07) is 1.92. The summed E-state index contributed by atoms with van der Waals surface area (Å²) in [5.74, 6) is 0. The average molecular weight is 421 g/mol. The van der Waals surface area contributed by atoms with Crippen LogP contribution >= 0.6 is 23.2 Å². The quantitative estimate of drug-likeness (QED) is 0.320. The lowest BCUT2D eigenvalue weighted by atomic mass is 9.80. The van der Waals surface area contributed by atoms with Crippen LogP contribution in [0.1, 0.15) is 57.6 Å². The lowest BCUT2D eigenvalue weighted by molar-refractivity contribution is -0.297. The van der Waals surface area contributed by atoms with E-state index in [0.717, 1.165) is 37.8 Å². The summed E-state index contributed by atoms with van der Waals surface area (Å²) in [6.07, 6.45) is -5.60. The van der Waals surface area contributed by atoms with Crippen molar-refractivity contribution >= 4 is 28.8 Å². The number of allylic oxidation sites excluding steroid dienone is 2. The van der Waals surface area contributed by atoms with Crippen LogP contribution < -0.4 is 0 Å².